The smallest absolute Gasteiger partial charge is 0.328 e. The Morgan fingerprint density at radius 2 is 2.21 bits per heavy atom. The number of aromatic amines is 1. The molecule has 0 spiro atoms. The fourth-order valence-corrected chi connectivity index (χ4v) is 1.41. The Bertz CT molecular complexity index is 497. The van der Waals surface area contributed by atoms with Crippen molar-refractivity contribution in [2.75, 3.05) is 0 Å². The van der Waals surface area contributed by atoms with Crippen LogP contribution in [0.1, 0.15) is 5.56 Å². The molecule has 70 valence electrons. The Labute approximate surface area is 80.7 Å². The predicted octanol–water partition coefficient (Wildman–Crippen LogP) is 2.27. The molecule has 14 heavy (non-hydrogen) atoms. The minimum atomic E-state index is -0.937. The molecule has 2 rings (SSSR count). The van der Waals surface area contributed by atoms with E-state index in [1.807, 2.05) is 30.5 Å². The number of aromatic nitrogens is 1. The van der Waals surface area contributed by atoms with Gasteiger partial charge in [-0.2, -0.15) is 0 Å². The number of benzene rings is 1. The molecular weight excluding hydrogens is 178 g/mol. The summed E-state index contributed by atoms with van der Waals surface area (Å²) in [4.78, 5) is 13.4. The molecule has 0 aliphatic heterocycles. The van der Waals surface area contributed by atoms with Gasteiger partial charge in [-0.1, -0.05) is 18.2 Å². The topological polar surface area (TPSA) is 53.1 Å². The Balaban J connectivity index is 2.51. The third-order valence-corrected chi connectivity index (χ3v) is 2.02. The van der Waals surface area contributed by atoms with Crippen molar-refractivity contribution in [1.82, 2.24) is 4.98 Å². The van der Waals surface area contributed by atoms with Crippen molar-refractivity contribution in [1.29, 1.82) is 0 Å². The zero-order valence-corrected chi connectivity index (χ0v) is 7.40. The average molecular weight is 187 g/mol. The lowest BCUT2D eigenvalue weighted by Crippen LogP contribution is -1.86. The number of fused-ring (bicyclic) bond motifs is 1. The van der Waals surface area contributed by atoms with E-state index < -0.39 is 5.97 Å². The number of hydrogen-bond acceptors (Lipinski definition) is 1. The minimum Gasteiger partial charge on any atom is -0.478 e. The van der Waals surface area contributed by atoms with Gasteiger partial charge >= 0.3 is 5.97 Å². The van der Waals surface area contributed by atoms with Crippen LogP contribution in [0.5, 0.6) is 0 Å². The highest BCUT2D eigenvalue weighted by Crippen LogP contribution is 2.17. The zero-order valence-electron chi connectivity index (χ0n) is 7.40. The summed E-state index contributed by atoms with van der Waals surface area (Å²) in [5.41, 5.74) is 1.85. The van der Waals surface area contributed by atoms with Crippen molar-refractivity contribution in [2.45, 2.75) is 0 Å². The van der Waals surface area contributed by atoms with Crippen LogP contribution in [0.3, 0.4) is 0 Å². The van der Waals surface area contributed by atoms with E-state index in [4.69, 9.17) is 5.11 Å². The molecule has 0 bridgehead atoms. The number of rotatable bonds is 2. The number of hydrogen-bond donors (Lipinski definition) is 2. The molecule has 2 aromatic rings. The van der Waals surface area contributed by atoms with E-state index in [0.717, 1.165) is 22.5 Å². The van der Waals surface area contributed by atoms with Crippen LogP contribution in [-0.4, -0.2) is 16.1 Å². The molecular formula is C11H9NO2. The summed E-state index contributed by atoms with van der Waals surface area (Å²) in [6, 6.07) is 7.70. The number of carbonyl (C=O) groups is 1. The van der Waals surface area contributed by atoms with Crippen LogP contribution in [0, 0.1) is 0 Å². The third kappa shape index (κ3) is 1.52. The molecule has 0 aliphatic carbocycles. The van der Waals surface area contributed by atoms with Crippen LogP contribution in [0.2, 0.25) is 0 Å². The second-order valence-electron chi connectivity index (χ2n) is 2.96. The number of aliphatic carboxylic acids is 1. The average Bonchev–Trinajstić information content (AvgIpc) is 2.62. The quantitative estimate of drug-likeness (QED) is 0.708. The molecule has 0 radical (unpaired) electrons. The van der Waals surface area contributed by atoms with Crippen LogP contribution in [0.15, 0.2) is 36.5 Å². The van der Waals surface area contributed by atoms with Gasteiger partial charge in [-0.25, -0.2) is 4.79 Å². The Morgan fingerprint density at radius 3 is 3.00 bits per heavy atom. The molecule has 0 aliphatic rings. The van der Waals surface area contributed by atoms with E-state index in [0.29, 0.717) is 0 Å². The summed E-state index contributed by atoms with van der Waals surface area (Å²) < 4.78 is 0. The van der Waals surface area contributed by atoms with Crippen molar-refractivity contribution in [3.05, 3.63) is 42.1 Å². The Hall–Kier alpha value is -2.03. The Morgan fingerprint density at radius 1 is 1.36 bits per heavy atom. The highest BCUT2D eigenvalue weighted by molar-refractivity contribution is 5.92. The van der Waals surface area contributed by atoms with Crippen molar-refractivity contribution >= 4 is 22.9 Å². The highest BCUT2D eigenvalue weighted by Gasteiger charge is 1.98. The lowest BCUT2D eigenvalue weighted by Gasteiger charge is -1.95. The maximum absolute atomic E-state index is 10.3. The van der Waals surface area contributed by atoms with Gasteiger partial charge in [0.15, 0.2) is 0 Å². The van der Waals surface area contributed by atoms with Gasteiger partial charge in [-0.05, 0) is 23.1 Å². The summed E-state index contributed by atoms with van der Waals surface area (Å²) in [6.07, 6.45) is 4.56. The van der Waals surface area contributed by atoms with E-state index in [9.17, 15) is 4.79 Å². The molecule has 1 heterocycles. The van der Waals surface area contributed by atoms with Gasteiger partial charge in [0.1, 0.15) is 0 Å². The molecule has 0 unspecified atom stereocenters. The lowest BCUT2D eigenvalue weighted by molar-refractivity contribution is -0.131. The predicted molar refractivity (Wildman–Crippen MR) is 55.0 cm³/mol. The van der Waals surface area contributed by atoms with E-state index in [2.05, 4.69) is 4.98 Å². The van der Waals surface area contributed by atoms with Gasteiger partial charge in [0, 0.05) is 12.3 Å². The van der Waals surface area contributed by atoms with Crippen molar-refractivity contribution < 1.29 is 9.90 Å². The molecule has 0 amide bonds. The SMILES string of the molecule is O=C(O)/C=C/c1cccc2cc[nH]c12. The van der Waals surface area contributed by atoms with Gasteiger partial charge in [0.05, 0.1) is 5.52 Å². The highest BCUT2D eigenvalue weighted by atomic mass is 16.4. The summed E-state index contributed by atoms with van der Waals surface area (Å²) in [6.45, 7) is 0. The van der Waals surface area contributed by atoms with Crippen molar-refractivity contribution in [2.24, 2.45) is 0 Å². The van der Waals surface area contributed by atoms with E-state index in [1.54, 1.807) is 6.08 Å². The van der Waals surface area contributed by atoms with Crippen molar-refractivity contribution in [3.63, 3.8) is 0 Å². The molecule has 0 saturated heterocycles. The summed E-state index contributed by atoms with van der Waals surface area (Å²) in [5.74, 6) is -0.937. The van der Waals surface area contributed by atoms with E-state index in [1.165, 1.54) is 0 Å². The lowest BCUT2D eigenvalue weighted by atomic mass is 10.1. The first-order chi connectivity index (χ1) is 6.77. The fourth-order valence-electron chi connectivity index (χ4n) is 1.41. The number of para-hydroxylation sites is 1. The molecule has 1 aromatic carbocycles. The summed E-state index contributed by atoms with van der Waals surface area (Å²) in [5, 5.41) is 9.58. The number of carboxylic acid groups (broad SMARTS) is 1. The number of H-pyrrole nitrogens is 1. The van der Waals surface area contributed by atoms with Crippen LogP contribution in [0.4, 0.5) is 0 Å². The standard InChI is InChI=1S/C11H9NO2/c13-10(14)5-4-8-2-1-3-9-6-7-12-11(8)9/h1-7,12H,(H,13,14)/b5-4+. The Kier molecular flexibility index (Phi) is 2.07. The maximum Gasteiger partial charge on any atom is 0.328 e. The molecule has 1 aromatic heterocycles. The van der Waals surface area contributed by atoms with Gasteiger partial charge < -0.3 is 10.1 Å². The second-order valence-corrected chi connectivity index (χ2v) is 2.96. The zero-order chi connectivity index (χ0) is 9.97. The van der Waals surface area contributed by atoms with Crippen molar-refractivity contribution in [3.8, 4) is 0 Å². The molecule has 3 heteroatoms. The van der Waals surface area contributed by atoms with E-state index >= 15 is 0 Å². The number of nitrogens with one attached hydrogen (secondary N) is 1. The largest absolute Gasteiger partial charge is 0.478 e. The van der Waals surface area contributed by atoms with Gasteiger partial charge in [-0.15, -0.1) is 0 Å². The molecule has 3 nitrogen and oxygen atoms in total. The van der Waals surface area contributed by atoms with Crippen LogP contribution >= 0.6 is 0 Å². The first-order valence-corrected chi connectivity index (χ1v) is 4.24. The van der Waals surface area contributed by atoms with Gasteiger partial charge in [-0.3, -0.25) is 0 Å². The first-order valence-electron chi connectivity index (χ1n) is 4.24. The molecule has 0 fully saturated rings. The normalized spacial score (nSPS) is 11.1. The molecule has 0 atom stereocenters. The maximum atomic E-state index is 10.3. The van der Waals surface area contributed by atoms with Crippen LogP contribution in [-0.2, 0) is 4.79 Å². The monoisotopic (exact) mass is 187 g/mol. The van der Waals surface area contributed by atoms with Crippen LogP contribution in [0.25, 0.3) is 17.0 Å². The summed E-state index contributed by atoms with van der Waals surface area (Å²) in [7, 11) is 0. The van der Waals surface area contributed by atoms with E-state index in [-0.39, 0.29) is 0 Å². The summed E-state index contributed by atoms with van der Waals surface area (Å²) >= 11 is 0. The molecule has 0 saturated carbocycles. The van der Waals surface area contributed by atoms with Crippen LogP contribution < -0.4 is 0 Å². The fraction of sp³-hybridized carbons (Fsp3) is 0. The minimum absolute atomic E-state index is 0.884. The van der Waals surface area contributed by atoms with Gasteiger partial charge in [0.2, 0.25) is 0 Å². The molecule has 2 N–H and O–H groups in total. The third-order valence-electron chi connectivity index (χ3n) is 2.02. The first kappa shape index (κ1) is 8.56. The number of carboxylic acids is 1. The second kappa shape index (κ2) is 3.38. The van der Waals surface area contributed by atoms with Gasteiger partial charge in [0.25, 0.3) is 0 Å².